The van der Waals surface area contributed by atoms with Crippen LogP contribution in [0.5, 0.6) is 0 Å². The molecular formula is C20H36O3SSi. The second-order valence-corrected chi connectivity index (χ2v) is 15.1. The third kappa shape index (κ3) is 6.63. The summed E-state index contributed by atoms with van der Waals surface area (Å²) in [5.74, 6) is 0.452. The van der Waals surface area contributed by atoms with Gasteiger partial charge in [0.1, 0.15) is 0 Å². The van der Waals surface area contributed by atoms with Gasteiger partial charge in [-0.1, -0.05) is 52.3 Å². The van der Waals surface area contributed by atoms with Crippen molar-refractivity contribution in [2.45, 2.75) is 70.7 Å². The molecule has 0 saturated heterocycles. The van der Waals surface area contributed by atoms with Gasteiger partial charge in [0.05, 0.1) is 16.9 Å². The van der Waals surface area contributed by atoms with E-state index in [0.29, 0.717) is 12.4 Å². The maximum atomic E-state index is 12.5. The number of rotatable bonds is 8. The molecule has 0 bridgehead atoms. The molecule has 144 valence electrons. The molecule has 1 aromatic carbocycles. The molecular weight excluding hydrogens is 348 g/mol. The fourth-order valence-corrected chi connectivity index (χ4v) is 4.76. The van der Waals surface area contributed by atoms with Gasteiger partial charge in [-0.25, -0.2) is 0 Å². The Morgan fingerprint density at radius 3 is 2.12 bits per heavy atom. The van der Waals surface area contributed by atoms with Crippen LogP contribution in [-0.4, -0.2) is 36.1 Å². The highest BCUT2D eigenvalue weighted by Gasteiger charge is 2.38. The van der Waals surface area contributed by atoms with Crippen molar-refractivity contribution in [3.8, 4) is 0 Å². The van der Waals surface area contributed by atoms with Crippen molar-refractivity contribution < 1.29 is 13.7 Å². The smallest absolute Gasteiger partial charge is 0.191 e. The normalized spacial score (nSPS) is 17.8. The van der Waals surface area contributed by atoms with Crippen LogP contribution in [0.3, 0.4) is 0 Å². The fraction of sp³-hybridized carbons (Fsp3) is 0.700. The summed E-state index contributed by atoms with van der Waals surface area (Å²) in [6.45, 7) is 17.7. The maximum Gasteiger partial charge on any atom is 0.191 e. The molecule has 0 aromatic heterocycles. The summed E-state index contributed by atoms with van der Waals surface area (Å²) in [6, 6.07) is 7.77. The molecule has 5 heteroatoms. The van der Waals surface area contributed by atoms with Gasteiger partial charge >= 0.3 is 0 Å². The van der Waals surface area contributed by atoms with Crippen molar-refractivity contribution in [2.75, 3.05) is 12.4 Å². The first-order valence-corrected chi connectivity index (χ1v) is 13.3. The van der Waals surface area contributed by atoms with Gasteiger partial charge in [-0.05, 0) is 43.1 Å². The molecule has 0 heterocycles. The monoisotopic (exact) mass is 384 g/mol. The Morgan fingerprint density at radius 1 is 1.12 bits per heavy atom. The van der Waals surface area contributed by atoms with E-state index in [4.69, 9.17) is 4.43 Å². The molecule has 0 radical (unpaired) electrons. The Morgan fingerprint density at radius 2 is 1.64 bits per heavy atom. The Kier molecular flexibility index (Phi) is 8.06. The van der Waals surface area contributed by atoms with Gasteiger partial charge in [0.25, 0.3) is 0 Å². The van der Waals surface area contributed by atoms with E-state index in [1.165, 1.54) is 0 Å². The third-order valence-corrected chi connectivity index (χ3v) is 11.5. The molecule has 1 unspecified atom stereocenters. The number of aliphatic hydroxyl groups is 1. The zero-order valence-electron chi connectivity index (χ0n) is 17.1. The summed E-state index contributed by atoms with van der Waals surface area (Å²) in [5, 5.41) is 10.8. The third-order valence-electron chi connectivity index (χ3n) is 5.38. The summed E-state index contributed by atoms with van der Waals surface area (Å²) in [7, 11) is -2.90. The highest BCUT2D eigenvalue weighted by Crippen LogP contribution is 2.37. The van der Waals surface area contributed by atoms with Gasteiger partial charge in [-0.2, -0.15) is 0 Å². The van der Waals surface area contributed by atoms with E-state index >= 15 is 0 Å². The SMILES string of the molecule is Cc1ccc(S(=O)C[C@H](C)[C@H](O)[C@H](C)CO[Si](C)(C)C(C)(C)C)cc1. The molecule has 0 amide bonds. The lowest BCUT2D eigenvalue weighted by molar-refractivity contribution is 0.0465. The lowest BCUT2D eigenvalue weighted by atomic mass is 9.96. The number of benzene rings is 1. The predicted octanol–water partition coefficient (Wildman–Crippen LogP) is 4.76. The van der Waals surface area contributed by atoms with Crippen molar-refractivity contribution in [3.05, 3.63) is 29.8 Å². The van der Waals surface area contributed by atoms with Crippen LogP contribution in [0, 0.1) is 18.8 Å². The first-order valence-electron chi connectivity index (χ1n) is 9.12. The minimum Gasteiger partial charge on any atom is -0.416 e. The van der Waals surface area contributed by atoms with Crippen molar-refractivity contribution >= 4 is 19.1 Å². The molecule has 0 fully saturated rings. The number of hydrogen-bond donors (Lipinski definition) is 1. The van der Waals surface area contributed by atoms with E-state index in [2.05, 4.69) is 33.9 Å². The van der Waals surface area contributed by atoms with Crippen LogP contribution in [0.1, 0.15) is 40.2 Å². The maximum absolute atomic E-state index is 12.5. The van der Waals surface area contributed by atoms with Gasteiger partial charge in [0.15, 0.2) is 8.32 Å². The molecule has 1 rings (SSSR count). The Hall–Kier alpha value is -0.493. The van der Waals surface area contributed by atoms with Crippen LogP contribution in [0.25, 0.3) is 0 Å². The predicted molar refractivity (Wildman–Crippen MR) is 110 cm³/mol. The van der Waals surface area contributed by atoms with Crippen molar-refractivity contribution in [1.82, 2.24) is 0 Å². The standard InChI is InChI=1S/C20H36O3SSi/c1-15-9-11-18(12-10-15)24(22)14-17(3)19(21)16(2)13-23-25(7,8)20(4,5)6/h9-12,16-17,19,21H,13-14H2,1-8H3/t16-,17+,19-,24?/m1/s1. The average Bonchev–Trinajstić information content (AvgIpc) is 2.51. The van der Waals surface area contributed by atoms with E-state index in [0.717, 1.165) is 10.5 Å². The first kappa shape index (κ1) is 22.5. The fourth-order valence-electron chi connectivity index (χ4n) is 2.34. The zero-order valence-corrected chi connectivity index (χ0v) is 18.9. The van der Waals surface area contributed by atoms with E-state index in [-0.39, 0.29) is 16.9 Å². The van der Waals surface area contributed by atoms with Crippen molar-refractivity contribution in [1.29, 1.82) is 0 Å². The van der Waals surface area contributed by atoms with Gasteiger partial charge in [0, 0.05) is 23.2 Å². The average molecular weight is 385 g/mol. The van der Waals surface area contributed by atoms with E-state index < -0.39 is 25.2 Å². The van der Waals surface area contributed by atoms with E-state index in [9.17, 15) is 9.32 Å². The van der Waals surface area contributed by atoms with Crippen molar-refractivity contribution in [2.24, 2.45) is 11.8 Å². The second-order valence-electron chi connectivity index (χ2n) is 8.84. The number of hydrogen-bond acceptors (Lipinski definition) is 3. The minimum atomic E-state index is -1.81. The molecule has 3 nitrogen and oxygen atoms in total. The summed E-state index contributed by atoms with van der Waals surface area (Å²) >= 11 is 0. The molecule has 4 atom stereocenters. The van der Waals surface area contributed by atoms with Gasteiger partial charge in [-0.3, -0.25) is 4.21 Å². The van der Waals surface area contributed by atoms with Crippen LogP contribution in [0.15, 0.2) is 29.2 Å². The summed E-state index contributed by atoms with van der Waals surface area (Å²) in [6.07, 6.45) is -0.515. The number of aryl methyl sites for hydroxylation is 1. The Balaban J connectivity index is 2.58. The topological polar surface area (TPSA) is 46.5 Å². The van der Waals surface area contributed by atoms with Crippen LogP contribution in [-0.2, 0) is 15.2 Å². The molecule has 0 spiro atoms. The molecule has 25 heavy (non-hydrogen) atoms. The summed E-state index contributed by atoms with van der Waals surface area (Å²) in [4.78, 5) is 0.829. The van der Waals surface area contributed by atoms with Gasteiger partial charge in [0.2, 0.25) is 0 Å². The van der Waals surface area contributed by atoms with Gasteiger partial charge < -0.3 is 9.53 Å². The molecule has 0 aliphatic heterocycles. The van der Waals surface area contributed by atoms with Crippen molar-refractivity contribution in [3.63, 3.8) is 0 Å². The summed E-state index contributed by atoms with van der Waals surface area (Å²) < 4.78 is 18.8. The molecule has 0 aliphatic carbocycles. The lowest BCUT2D eigenvalue weighted by Crippen LogP contribution is -2.43. The van der Waals surface area contributed by atoms with E-state index in [1.807, 2.05) is 45.0 Å². The highest BCUT2D eigenvalue weighted by atomic mass is 32.2. The largest absolute Gasteiger partial charge is 0.416 e. The van der Waals surface area contributed by atoms with Crippen LogP contribution < -0.4 is 0 Å². The second kappa shape index (κ2) is 8.93. The Bertz CT molecular complexity index is 563. The minimum absolute atomic E-state index is 0.0270. The van der Waals surface area contributed by atoms with Crippen LogP contribution >= 0.6 is 0 Å². The highest BCUT2D eigenvalue weighted by molar-refractivity contribution is 7.85. The van der Waals surface area contributed by atoms with Crippen LogP contribution in [0.2, 0.25) is 18.1 Å². The molecule has 1 N–H and O–H groups in total. The zero-order chi connectivity index (χ0) is 19.4. The molecule has 1 aromatic rings. The van der Waals surface area contributed by atoms with Crippen LogP contribution in [0.4, 0.5) is 0 Å². The number of aliphatic hydroxyl groups excluding tert-OH is 1. The first-order chi connectivity index (χ1) is 11.3. The molecule has 0 saturated carbocycles. The summed E-state index contributed by atoms with van der Waals surface area (Å²) in [5.41, 5.74) is 1.16. The molecule has 0 aliphatic rings. The van der Waals surface area contributed by atoms with Gasteiger partial charge in [-0.15, -0.1) is 0 Å². The van der Waals surface area contributed by atoms with E-state index in [1.54, 1.807) is 0 Å². The lowest BCUT2D eigenvalue weighted by Gasteiger charge is -2.37. The quantitative estimate of drug-likeness (QED) is 0.657. The Labute approximate surface area is 157 Å².